The van der Waals surface area contributed by atoms with Crippen molar-refractivity contribution in [2.45, 2.75) is 111 Å². The molecule has 0 radical (unpaired) electrons. The predicted octanol–water partition coefficient (Wildman–Crippen LogP) is 6.08. The lowest BCUT2D eigenvalue weighted by molar-refractivity contribution is -0.139. The number of esters is 1. The third-order valence-corrected chi connectivity index (χ3v) is 6.31. The lowest BCUT2D eigenvalue weighted by Gasteiger charge is -2.27. The minimum Gasteiger partial charge on any atom is -0.478 e. The van der Waals surface area contributed by atoms with Crippen LogP contribution >= 0.6 is 0 Å². The van der Waals surface area contributed by atoms with Gasteiger partial charge in [-0.15, -0.1) is 0 Å². The van der Waals surface area contributed by atoms with E-state index in [2.05, 4.69) is 33.2 Å². The zero-order valence-corrected chi connectivity index (χ0v) is 28.1. The molecule has 0 aromatic heterocycles. The Morgan fingerprint density at radius 1 is 0.578 bits per heavy atom. The predicted molar refractivity (Wildman–Crippen MR) is 177 cm³/mol. The highest BCUT2D eigenvalue weighted by molar-refractivity contribution is 5.87. The van der Waals surface area contributed by atoms with Crippen LogP contribution in [-0.4, -0.2) is 80.9 Å². The molecular weight excluding hydrogens is 584 g/mol. The molecular formula is C34H60O11. The van der Waals surface area contributed by atoms with E-state index in [1.54, 1.807) is 0 Å². The van der Waals surface area contributed by atoms with Gasteiger partial charge in [0, 0.05) is 27.7 Å². The summed E-state index contributed by atoms with van der Waals surface area (Å²) < 4.78 is 5.25. The summed E-state index contributed by atoms with van der Waals surface area (Å²) in [4.78, 5) is 40.7. The molecule has 0 saturated carbocycles. The van der Waals surface area contributed by atoms with Crippen LogP contribution in [0.25, 0.3) is 0 Å². The van der Waals surface area contributed by atoms with Gasteiger partial charge < -0.3 is 35.4 Å². The van der Waals surface area contributed by atoms with Gasteiger partial charge in [0.25, 0.3) is 0 Å². The molecule has 0 atom stereocenters. The molecule has 0 aromatic carbocycles. The summed E-state index contributed by atoms with van der Waals surface area (Å²) in [5, 5.41) is 51.5. The van der Waals surface area contributed by atoms with Gasteiger partial charge in [-0.05, 0) is 46.5 Å². The van der Waals surface area contributed by atoms with Crippen molar-refractivity contribution in [2.24, 2.45) is 5.41 Å². The van der Waals surface area contributed by atoms with Gasteiger partial charge in [-0.3, -0.25) is 0 Å². The number of unbranched alkanes of at least 4 members (excludes halogenated alkanes) is 9. The Morgan fingerprint density at radius 2 is 0.889 bits per heavy atom. The third kappa shape index (κ3) is 35.1. The summed E-state index contributed by atoms with van der Waals surface area (Å²) in [7, 11) is 0. The number of aliphatic hydroxyl groups excluding tert-OH is 3. The fraction of sp³-hybridized carbons (Fsp3) is 0.647. The lowest BCUT2D eigenvalue weighted by atomic mass is 9.85. The Kier molecular flexibility index (Phi) is 34.7. The number of ether oxygens (including phenoxy) is 1. The van der Waals surface area contributed by atoms with Crippen LogP contribution in [0.1, 0.15) is 111 Å². The van der Waals surface area contributed by atoms with Crippen LogP contribution in [0.4, 0.5) is 0 Å². The maximum absolute atomic E-state index is 11.9. The maximum atomic E-state index is 11.9. The highest BCUT2D eigenvalue weighted by Gasteiger charge is 2.27. The minimum atomic E-state index is -0.935. The number of carboxylic acid groups (broad SMARTS) is 3. The molecule has 0 rings (SSSR count). The van der Waals surface area contributed by atoms with E-state index in [4.69, 9.17) is 20.1 Å². The second-order valence-electron chi connectivity index (χ2n) is 11.0. The normalized spacial score (nSPS) is 9.93. The number of hydrogen-bond acceptors (Lipinski definition) is 8. The Morgan fingerprint density at radius 3 is 1.18 bits per heavy atom. The molecule has 0 bridgehead atoms. The molecule has 262 valence electrons. The molecule has 0 unspecified atom stereocenters. The highest BCUT2D eigenvalue weighted by atomic mass is 16.5. The molecule has 0 aliphatic carbocycles. The second kappa shape index (κ2) is 32.1. The van der Waals surface area contributed by atoms with E-state index in [0.29, 0.717) is 31.4 Å². The molecule has 0 aliphatic heterocycles. The van der Waals surface area contributed by atoms with Crippen molar-refractivity contribution in [1.29, 1.82) is 0 Å². The first kappa shape index (κ1) is 48.6. The number of carboxylic acids is 3. The van der Waals surface area contributed by atoms with Gasteiger partial charge >= 0.3 is 23.9 Å². The molecule has 0 heterocycles. The second-order valence-corrected chi connectivity index (χ2v) is 11.0. The van der Waals surface area contributed by atoms with Gasteiger partial charge in [0.15, 0.2) is 0 Å². The molecule has 0 aromatic rings. The van der Waals surface area contributed by atoms with Crippen LogP contribution in [0.2, 0.25) is 0 Å². The first-order chi connectivity index (χ1) is 21.0. The molecule has 11 heteroatoms. The Hall–Kier alpha value is -3.28. The minimum absolute atomic E-state index is 0.176. The molecule has 0 amide bonds. The molecule has 0 saturated heterocycles. The van der Waals surface area contributed by atoms with Gasteiger partial charge in [0.05, 0.1) is 26.4 Å². The number of aliphatic hydroxyl groups is 3. The van der Waals surface area contributed by atoms with Crippen molar-refractivity contribution >= 4 is 23.9 Å². The van der Waals surface area contributed by atoms with E-state index in [9.17, 15) is 34.5 Å². The van der Waals surface area contributed by atoms with E-state index in [0.717, 1.165) is 12.8 Å². The van der Waals surface area contributed by atoms with Gasteiger partial charge in [-0.25, -0.2) is 19.2 Å². The van der Waals surface area contributed by atoms with E-state index in [1.807, 2.05) is 0 Å². The Balaban J connectivity index is -0.000000375. The Bertz CT molecular complexity index is 785. The average molecular weight is 645 g/mol. The van der Waals surface area contributed by atoms with Crippen molar-refractivity contribution in [2.75, 3.05) is 26.4 Å². The van der Waals surface area contributed by atoms with Crippen LogP contribution in [0.5, 0.6) is 0 Å². The topological polar surface area (TPSA) is 199 Å². The molecule has 0 spiro atoms. The van der Waals surface area contributed by atoms with Gasteiger partial charge in [0.1, 0.15) is 0 Å². The lowest BCUT2D eigenvalue weighted by Crippen LogP contribution is -2.33. The molecule has 0 aliphatic rings. The van der Waals surface area contributed by atoms with Crippen molar-refractivity contribution in [3.8, 4) is 0 Å². The zero-order chi connectivity index (χ0) is 35.8. The maximum Gasteiger partial charge on any atom is 0.333 e. The van der Waals surface area contributed by atoms with E-state index >= 15 is 0 Å². The largest absolute Gasteiger partial charge is 0.478 e. The number of carbonyl (C=O) groups is 4. The van der Waals surface area contributed by atoms with E-state index in [1.165, 1.54) is 72.1 Å². The molecule has 0 fully saturated rings. The van der Waals surface area contributed by atoms with Crippen molar-refractivity contribution < 1.29 is 54.6 Å². The van der Waals surface area contributed by atoms with Gasteiger partial charge in [0.2, 0.25) is 0 Å². The van der Waals surface area contributed by atoms with Crippen molar-refractivity contribution in [3.05, 3.63) is 48.6 Å². The summed E-state index contributed by atoms with van der Waals surface area (Å²) in [5.74, 6) is -3.17. The van der Waals surface area contributed by atoms with Crippen LogP contribution in [-0.2, 0) is 23.9 Å². The first-order valence-electron chi connectivity index (χ1n) is 15.3. The summed E-state index contributed by atoms with van der Waals surface area (Å²) >= 11 is 0. The van der Waals surface area contributed by atoms with Gasteiger partial charge in [-0.2, -0.15) is 0 Å². The van der Waals surface area contributed by atoms with Crippen LogP contribution < -0.4 is 0 Å². The molecule has 6 N–H and O–H groups in total. The zero-order valence-electron chi connectivity index (χ0n) is 28.1. The number of rotatable bonds is 22. The quantitative estimate of drug-likeness (QED) is 0.0453. The van der Waals surface area contributed by atoms with Crippen LogP contribution in [0.3, 0.4) is 0 Å². The fourth-order valence-corrected chi connectivity index (χ4v) is 3.02. The summed E-state index contributed by atoms with van der Waals surface area (Å²) in [5.41, 5.74) is 0.0463. The van der Waals surface area contributed by atoms with Crippen molar-refractivity contribution in [3.63, 3.8) is 0 Å². The number of hydrogen-bond donors (Lipinski definition) is 6. The van der Waals surface area contributed by atoms with Crippen molar-refractivity contribution in [1.82, 2.24) is 0 Å². The summed E-state index contributed by atoms with van der Waals surface area (Å²) in [6.07, 6.45) is 13.8. The monoisotopic (exact) mass is 644 g/mol. The van der Waals surface area contributed by atoms with E-state index < -0.39 is 23.3 Å². The fourth-order valence-electron chi connectivity index (χ4n) is 3.02. The molecule has 45 heavy (non-hydrogen) atoms. The average Bonchev–Trinajstić information content (AvgIpc) is 2.99. The summed E-state index contributed by atoms with van der Waals surface area (Å²) in [6.45, 7) is 19.4. The Labute approximate surface area is 270 Å². The van der Waals surface area contributed by atoms with Gasteiger partial charge in [-0.1, -0.05) is 91.0 Å². The third-order valence-electron chi connectivity index (χ3n) is 6.31. The SMILES string of the molecule is C=C(C)C(=O)O.C=C(C)C(=O)O.C=C(C)C(=O)O.C=C(CCCC(CO)(CO)CO)C(=O)OCCCCCCCCCCCC. The first-order valence-corrected chi connectivity index (χ1v) is 15.3. The number of aliphatic carboxylic acids is 3. The van der Waals surface area contributed by atoms with E-state index in [-0.39, 0.29) is 42.5 Å². The van der Waals surface area contributed by atoms with Crippen LogP contribution in [0, 0.1) is 5.41 Å². The highest BCUT2D eigenvalue weighted by Crippen LogP contribution is 2.24. The standard InChI is InChI=1S/C22H42O5.3C4H6O2/c1-3-4-5-6-7-8-9-10-11-12-16-27-21(26)20(2)14-13-15-22(17-23,18-24)19-25;3*1-3(2)4(5)6/h23-25H,2-19H2,1H3;3*1H2,2H3,(H,5,6). The smallest absolute Gasteiger partial charge is 0.333 e. The molecule has 11 nitrogen and oxygen atoms in total. The summed E-state index contributed by atoms with van der Waals surface area (Å²) in [6, 6.07) is 0. The van der Waals surface area contributed by atoms with Crippen LogP contribution in [0.15, 0.2) is 48.6 Å². The number of carbonyl (C=O) groups excluding carboxylic acids is 1.